The van der Waals surface area contributed by atoms with Gasteiger partial charge in [0, 0.05) is 6.54 Å². The topological polar surface area (TPSA) is 64.2 Å². The molecular weight excluding hydrogens is 239 g/mol. The van der Waals surface area contributed by atoms with Crippen molar-refractivity contribution in [2.75, 3.05) is 25.6 Å². The number of hydrogen-bond acceptors (Lipinski definition) is 4. The Morgan fingerprint density at radius 1 is 1.50 bits per heavy atom. The molecule has 1 aromatic rings. The number of nitrogens with two attached hydrogens (primary N) is 1. The predicted molar refractivity (Wildman–Crippen MR) is 64.7 cm³/mol. The second-order valence-electron chi connectivity index (χ2n) is 3.54. The molecule has 0 fully saturated rings. The molecule has 0 bridgehead atoms. The third-order valence-electron chi connectivity index (χ3n) is 2.24. The van der Waals surface area contributed by atoms with Gasteiger partial charge in [-0.2, -0.15) is 5.48 Å². The van der Waals surface area contributed by atoms with E-state index in [1.165, 1.54) is 18.7 Å². The van der Waals surface area contributed by atoms with Gasteiger partial charge in [-0.15, -0.1) is 0 Å². The van der Waals surface area contributed by atoms with Crippen molar-refractivity contribution >= 4 is 17.3 Å². The Bertz CT molecular complexity index is 399. The normalized spacial score (nSPS) is 10.2. The lowest BCUT2D eigenvalue weighted by Crippen LogP contribution is -2.76. The number of ether oxygens (including phenoxy) is 1. The van der Waals surface area contributed by atoms with Crippen LogP contribution in [0.3, 0.4) is 0 Å². The minimum atomic E-state index is -0.377. The summed E-state index contributed by atoms with van der Waals surface area (Å²) in [6.07, 6.45) is 0.233. The maximum atomic E-state index is 13.5. The summed E-state index contributed by atoms with van der Waals surface area (Å²) in [7, 11) is 1.45. The lowest BCUT2D eigenvalue weighted by Gasteiger charge is -2.09. The van der Waals surface area contributed by atoms with Gasteiger partial charge in [0.05, 0.1) is 20.1 Å². The van der Waals surface area contributed by atoms with Crippen molar-refractivity contribution in [1.29, 1.82) is 0 Å². The third kappa shape index (κ3) is 4.31. The standard InChI is InChI=1S/C12H17FN2O3/c1-3-18-11(16)7-8-14-10-6-4-5-9(13)12(10)15-17-2/h4-6,14-15H,3,7-8H2,1-2H3/p+1. The fourth-order valence-electron chi connectivity index (χ4n) is 1.46. The first kappa shape index (κ1) is 14.4. The van der Waals surface area contributed by atoms with Gasteiger partial charge in [0.15, 0.2) is 5.82 Å². The smallest absolute Gasteiger partial charge is 0.307 e. The highest BCUT2D eigenvalue weighted by molar-refractivity contribution is 5.70. The summed E-state index contributed by atoms with van der Waals surface area (Å²) in [5, 5.41) is 2.98. The summed E-state index contributed by atoms with van der Waals surface area (Å²) < 4.78 is 18.3. The highest BCUT2D eigenvalue weighted by atomic mass is 19.1. The molecule has 0 aromatic heterocycles. The molecule has 100 valence electrons. The fourth-order valence-corrected chi connectivity index (χ4v) is 1.46. The number of esters is 1. The number of halogens is 1. The van der Waals surface area contributed by atoms with Crippen molar-refractivity contribution in [2.24, 2.45) is 0 Å². The van der Waals surface area contributed by atoms with E-state index in [9.17, 15) is 9.18 Å². The molecule has 0 unspecified atom stereocenters. The van der Waals surface area contributed by atoms with Crippen LogP contribution in [0.25, 0.3) is 0 Å². The quantitative estimate of drug-likeness (QED) is 0.433. The number of anilines is 1. The van der Waals surface area contributed by atoms with Crippen molar-refractivity contribution in [3.8, 4) is 0 Å². The van der Waals surface area contributed by atoms with E-state index in [2.05, 4.69) is 5.32 Å². The minimum Gasteiger partial charge on any atom is -0.466 e. The number of rotatable bonds is 7. The second-order valence-corrected chi connectivity index (χ2v) is 3.54. The maximum Gasteiger partial charge on any atom is 0.307 e. The second kappa shape index (κ2) is 7.62. The lowest BCUT2D eigenvalue weighted by atomic mass is 10.2. The van der Waals surface area contributed by atoms with E-state index in [0.29, 0.717) is 24.5 Å². The van der Waals surface area contributed by atoms with Gasteiger partial charge in [-0.3, -0.25) is 4.79 Å². The summed E-state index contributed by atoms with van der Waals surface area (Å²) in [6, 6.07) is 4.66. The van der Waals surface area contributed by atoms with Crippen molar-refractivity contribution in [3.63, 3.8) is 0 Å². The molecule has 0 aliphatic carbocycles. The molecule has 0 atom stereocenters. The van der Waals surface area contributed by atoms with Gasteiger partial charge < -0.3 is 10.1 Å². The molecule has 6 heteroatoms. The Morgan fingerprint density at radius 3 is 2.94 bits per heavy atom. The number of quaternary nitrogens is 1. The Kier molecular flexibility index (Phi) is 6.10. The number of nitrogens with one attached hydrogen (secondary N) is 1. The van der Waals surface area contributed by atoms with Crippen LogP contribution in [0.2, 0.25) is 0 Å². The summed E-state index contributed by atoms with van der Waals surface area (Å²) in [5.74, 6) is -0.656. The monoisotopic (exact) mass is 257 g/mol. The van der Waals surface area contributed by atoms with E-state index in [0.717, 1.165) is 0 Å². The van der Waals surface area contributed by atoms with Crippen LogP contribution in [-0.4, -0.2) is 26.2 Å². The first-order valence-corrected chi connectivity index (χ1v) is 5.73. The van der Waals surface area contributed by atoms with E-state index in [1.807, 2.05) is 0 Å². The Hall–Kier alpha value is -1.66. The van der Waals surface area contributed by atoms with Crippen LogP contribution in [0, 0.1) is 5.82 Å². The first-order chi connectivity index (χ1) is 8.69. The maximum absolute atomic E-state index is 13.5. The van der Waals surface area contributed by atoms with Gasteiger partial charge >= 0.3 is 5.97 Å². The zero-order valence-electron chi connectivity index (χ0n) is 10.5. The summed E-state index contributed by atoms with van der Waals surface area (Å²) >= 11 is 0. The molecule has 0 heterocycles. The van der Waals surface area contributed by atoms with E-state index in [-0.39, 0.29) is 18.2 Å². The van der Waals surface area contributed by atoms with E-state index >= 15 is 0 Å². The SMILES string of the molecule is CCOC(=O)CCNc1cccc(F)c1[NH2+]OC. The Balaban J connectivity index is 2.56. The predicted octanol–water partition coefficient (Wildman–Crippen LogP) is 0.947. The molecule has 0 spiro atoms. The Labute approximate surface area is 105 Å². The van der Waals surface area contributed by atoms with Gasteiger partial charge in [0.2, 0.25) is 5.69 Å². The fraction of sp³-hybridized carbons (Fsp3) is 0.417. The number of hydrogen-bond donors (Lipinski definition) is 2. The van der Waals surface area contributed by atoms with E-state index in [4.69, 9.17) is 9.57 Å². The van der Waals surface area contributed by atoms with Crippen LogP contribution >= 0.6 is 0 Å². The van der Waals surface area contributed by atoms with Crippen LogP contribution in [-0.2, 0) is 14.4 Å². The average molecular weight is 257 g/mol. The van der Waals surface area contributed by atoms with E-state index < -0.39 is 0 Å². The summed E-state index contributed by atoms with van der Waals surface area (Å²) in [5.41, 5.74) is 2.24. The molecule has 5 nitrogen and oxygen atoms in total. The van der Waals surface area contributed by atoms with Crippen molar-refractivity contribution in [2.45, 2.75) is 13.3 Å². The summed E-state index contributed by atoms with van der Waals surface area (Å²) in [4.78, 5) is 16.0. The van der Waals surface area contributed by atoms with Gasteiger partial charge in [0.25, 0.3) is 0 Å². The van der Waals surface area contributed by atoms with Crippen LogP contribution < -0.4 is 10.8 Å². The van der Waals surface area contributed by atoms with E-state index in [1.54, 1.807) is 19.1 Å². The van der Waals surface area contributed by atoms with Crippen LogP contribution in [0.5, 0.6) is 0 Å². The molecular formula is C12H18FN2O3+. The average Bonchev–Trinajstić information content (AvgIpc) is 2.34. The molecule has 1 aromatic carbocycles. The van der Waals surface area contributed by atoms with Crippen LogP contribution in [0.4, 0.5) is 15.8 Å². The van der Waals surface area contributed by atoms with Crippen LogP contribution in [0.15, 0.2) is 18.2 Å². The largest absolute Gasteiger partial charge is 0.466 e. The highest BCUT2D eigenvalue weighted by Gasteiger charge is 2.12. The molecule has 0 aliphatic heterocycles. The molecule has 0 amide bonds. The molecule has 0 saturated carbocycles. The van der Waals surface area contributed by atoms with Crippen LogP contribution in [0.1, 0.15) is 13.3 Å². The van der Waals surface area contributed by atoms with Gasteiger partial charge in [-0.25, -0.2) is 9.23 Å². The zero-order chi connectivity index (χ0) is 13.4. The van der Waals surface area contributed by atoms with Gasteiger partial charge in [0.1, 0.15) is 5.69 Å². The zero-order valence-corrected chi connectivity index (χ0v) is 10.5. The molecule has 0 aliphatic rings. The highest BCUT2D eigenvalue weighted by Crippen LogP contribution is 2.19. The number of benzene rings is 1. The van der Waals surface area contributed by atoms with Gasteiger partial charge in [-0.05, 0) is 19.1 Å². The number of carbonyl (C=O) groups excluding carboxylic acids is 1. The molecule has 3 N–H and O–H groups in total. The van der Waals surface area contributed by atoms with Crippen molar-refractivity contribution < 1.29 is 24.2 Å². The molecule has 1 rings (SSSR count). The third-order valence-corrected chi connectivity index (χ3v) is 2.24. The summed E-state index contributed by atoms with van der Waals surface area (Å²) in [6.45, 7) is 2.50. The lowest BCUT2D eigenvalue weighted by molar-refractivity contribution is -0.830. The molecule has 18 heavy (non-hydrogen) atoms. The minimum absolute atomic E-state index is 0.233. The Morgan fingerprint density at radius 2 is 2.28 bits per heavy atom. The molecule has 0 saturated heterocycles. The number of carbonyl (C=O) groups is 1. The van der Waals surface area contributed by atoms with Gasteiger partial charge in [-0.1, -0.05) is 6.07 Å². The van der Waals surface area contributed by atoms with Crippen molar-refractivity contribution in [3.05, 3.63) is 24.0 Å². The molecule has 0 radical (unpaired) electrons. The van der Waals surface area contributed by atoms with Crippen molar-refractivity contribution in [1.82, 2.24) is 0 Å². The first-order valence-electron chi connectivity index (χ1n) is 5.73.